The lowest BCUT2D eigenvalue weighted by atomic mass is 10.0. The van der Waals surface area contributed by atoms with Gasteiger partial charge in [0.1, 0.15) is 23.7 Å². The van der Waals surface area contributed by atoms with Crippen LogP contribution in [0.3, 0.4) is 0 Å². The van der Waals surface area contributed by atoms with Gasteiger partial charge in [0.05, 0.1) is 5.69 Å². The molecular weight excluding hydrogens is 459 g/mol. The quantitative estimate of drug-likeness (QED) is 0.386. The number of hydrogen-bond acceptors (Lipinski definition) is 4. The Morgan fingerprint density at radius 3 is 2.59 bits per heavy atom. The van der Waals surface area contributed by atoms with E-state index in [0.29, 0.717) is 34.0 Å². The highest BCUT2D eigenvalue weighted by atomic mass is 35.5. The lowest BCUT2D eigenvalue weighted by Crippen LogP contribution is -2.54. The SMILES string of the molecule is CCc1ccccc1N1C(=O)NC(=O)/C(=C/c2cc(Cl)ccc2OCc2cccc(F)c2)C1=O. The van der Waals surface area contributed by atoms with Crippen LogP contribution in [0.4, 0.5) is 14.9 Å². The highest BCUT2D eigenvalue weighted by Crippen LogP contribution is 2.29. The number of anilines is 1. The average molecular weight is 479 g/mol. The maximum atomic E-state index is 13.5. The molecule has 1 heterocycles. The monoisotopic (exact) mass is 478 g/mol. The number of carbonyl (C=O) groups excluding carboxylic acids is 3. The summed E-state index contributed by atoms with van der Waals surface area (Å²) in [5.74, 6) is -1.64. The van der Waals surface area contributed by atoms with Crippen molar-refractivity contribution in [3.63, 3.8) is 0 Å². The highest BCUT2D eigenvalue weighted by molar-refractivity contribution is 6.39. The van der Waals surface area contributed by atoms with Crippen molar-refractivity contribution in [3.05, 3.63) is 99.8 Å². The normalized spacial score (nSPS) is 15.0. The summed E-state index contributed by atoms with van der Waals surface area (Å²) >= 11 is 6.15. The second kappa shape index (κ2) is 9.89. The molecule has 3 aromatic rings. The van der Waals surface area contributed by atoms with E-state index >= 15 is 0 Å². The van der Waals surface area contributed by atoms with E-state index < -0.39 is 17.8 Å². The standard InChI is InChI=1S/C26H20ClFN2O4/c1-2-17-7-3-4-9-22(17)30-25(32)21(24(31)29-26(30)33)14-18-13-19(27)10-11-23(18)34-15-16-6-5-8-20(28)12-16/h3-14H,2,15H2,1H3,(H,29,31,33)/b21-14-. The number of nitrogens with zero attached hydrogens (tertiary/aromatic N) is 1. The number of rotatable bonds is 6. The van der Waals surface area contributed by atoms with E-state index in [-0.39, 0.29) is 18.0 Å². The molecule has 34 heavy (non-hydrogen) atoms. The van der Waals surface area contributed by atoms with Gasteiger partial charge in [0.2, 0.25) is 0 Å². The van der Waals surface area contributed by atoms with Crippen molar-refractivity contribution >= 4 is 41.2 Å². The Labute approximate surface area is 200 Å². The Kier molecular flexibility index (Phi) is 6.75. The van der Waals surface area contributed by atoms with Crippen molar-refractivity contribution in [1.29, 1.82) is 0 Å². The number of amides is 4. The molecule has 4 rings (SSSR count). The van der Waals surface area contributed by atoms with Crippen LogP contribution in [-0.4, -0.2) is 17.8 Å². The predicted molar refractivity (Wildman–Crippen MR) is 127 cm³/mol. The van der Waals surface area contributed by atoms with Crippen molar-refractivity contribution in [2.45, 2.75) is 20.0 Å². The number of urea groups is 1. The Morgan fingerprint density at radius 1 is 1.03 bits per heavy atom. The van der Waals surface area contributed by atoms with Gasteiger partial charge in [-0.25, -0.2) is 14.1 Å². The summed E-state index contributed by atoms with van der Waals surface area (Å²) in [6, 6.07) is 16.9. The molecule has 0 unspecified atom stereocenters. The summed E-state index contributed by atoms with van der Waals surface area (Å²) in [4.78, 5) is 39.4. The van der Waals surface area contributed by atoms with E-state index in [1.165, 1.54) is 24.3 Å². The second-order valence-electron chi connectivity index (χ2n) is 7.54. The van der Waals surface area contributed by atoms with Gasteiger partial charge in [-0.2, -0.15) is 0 Å². The minimum absolute atomic E-state index is 0.0597. The first-order valence-electron chi connectivity index (χ1n) is 10.5. The van der Waals surface area contributed by atoms with Gasteiger partial charge in [-0.05, 0) is 60.0 Å². The molecule has 0 aliphatic carbocycles. The van der Waals surface area contributed by atoms with Gasteiger partial charge in [0.15, 0.2) is 0 Å². The van der Waals surface area contributed by atoms with Gasteiger partial charge in [-0.1, -0.05) is 48.9 Å². The molecule has 0 aromatic heterocycles. The molecule has 0 bridgehead atoms. The fourth-order valence-corrected chi connectivity index (χ4v) is 3.79. The number of ether oxygens (including phenoxy) is 1. The number of benzene rings is 3. The molecule has 1 aliphatic heterocycles. The first kappa shape index (κ1) is 23.2. The lowest BCUT2D eigenvalue weighted by molar-refractivity contribution is -0.122. The predicted octanol–water partition coefficient (Wildman–Crippen LogP) is 5.29. The molecule has 0 atom stereocenters. The Morgan fingerprint density at radius 2 is 1.82 bits per heavy atom. The van der Waals surface area contributed by atoms with Gasteiger partial charge in [-0.3, -0.25) is 14.9 Å². The zero-order valence-corrected chi connectivity index (χ0v) is 18.9. The fourth-order valence-electron chi connectivity index (χ4n) is 3.61. The van der Waals surface area contributed by atoms with Gasteiger partial charge in [0.25, 0.3) is 11.8 Å². The van der Waals surface area contributed by atoms with Crippen LogP contribution < -0.4 is 15.0 Å². The summed E-state index contributed by atoms with van der Waals surface area (Å²) < 4.78 is 19.3. The molecule has 1 aliphatic rings. The van der Waals surface area contributed by atoms with Crippen LogP contribution in [0.5, 0.6) is 5.75 Å². The molecule has 1 saturated heterocycles. The van der Waals surface area contributed by atoms with E-state index in [1.807, 2.05) is 19.1 Å². The molecule has 3 aromatic carbocycles. The Hall–Kier alpha value is -3.97. The van der Waals surface area contributed by atoms with E-state index in [4.69, 9.17) is 16.3 Å². The van der Waals surface area contributed by atoms with Crippen molar-refractivity contribution in [2.75, 3.05) is 4.90 Å². The third kappa shape index (κ3) is 4.84. The van der Waals surface area contributed by atoms with Crippen LogP contribution in [0.2, 0.25) is 5.02 Å². The van der Waals surface area contributed by atoms with Gasteiger partial charge in [0, 0.05) is 10.6 Å². The zero-order valence-electron chi connectivity index (χ0n) is 18.2. The molecule has 6 nitrogen and oxygen atoms in total. The summed E-state index contributed by atoms with van der Waals surface area (Å²) in [6.07, 6.45) is 1.92. The molecule has 4 amide bonds. The third-order valence-electron chi connectivity index (χ3n) is 5.27. The highest BCUT2D eigenvalue weighted by Gasteiger charge is 2.37. The summed E-state index contributed by atoms with van der Waals surface area (Å²) in [5.41, 5.74) is 1.90. The minimum Gasteiger partial charge on any atom is -0.488 e. The molecule has 0 saturated carbocycles. The molecule has 0 spiro atoms. The lowest BCUT2D eigenvalue weighted by Gasteiger charge is -2.28. The maximum Gasteiger partial charge on any atom is 0.335 e. The Bertz CT molecular complexity index is 1320. The second-order valence-corrected chi connectivity index (χ2v) is 7.98. The molecule has 0 radical (unpaired) electrons. The van der Waals surface area contributed by atoms with Crippen LogP contribution in [0.1, 0.15) is 23.6 Å². The Balaban J connectivity index is 1.69. The first-order valence-corrected chi connectivity index (χ1v) is 10.9. The average Bonchev–Trinajstić information content (AvgIpc) is 2.81. The number of halogens is 2. The maximum absolute atomic E-state index is 13.5. The minimum atomic E-state index is -0.823. The summed E-state index contributed by atoms with van der Waals surface area (Å²) in [7, 11) is 0. The third-order valence-corrected chi connectivity index (χ3v) is 5.51. The van der Waals surface area contributed by atoms with Crippen LogP contribution in [0.25, 0.3) is 6.08 Å². The summed E-state index contributed by atoms with van der Waals surface area (Å²) in [6.45, 7) is 1.96. The zero-order chi connectivity index (χ0) is 24.2. The van der Waals surface area contributed by atoms with Crippen molar-refractivity contribution < 1.29 is 23.5 Å². The van der Waals surface area contributed by atoms with Crippen LogP contribution in [-0.2, 0) is 22.6 Å². The van der Waals surface area contributed by atoms with Crippen LogP contribution in [0.15, 0.2) is 72.3 Å². The molecule has 1 fully saturated rings. The number of hydrogen-bond donors (Lipinski definition) is 1. The topological polar surface area (TPSA) is 75.7 Å². The number of carbonyl (C=O) groups is 3. The number of imide groups is 2. The van der Waals surface area contributed by atoms with E-state index in [0.717, 1.165) is 10.5 Å². The number of nitrogens with one attached hydrogen (secondary N) is 1. The van der Waals surface area contributed by atoms with Crippen molar-refractivity contribution in [2.24, 2.45) is 0 Å². The van der Waals surface area contributed by atoms with Crippen molar-refractivity contribution in [1.82, 2.24) is 5.32 Å². The van der Waals surface area contributed by atoms with Gasteiger partial charge >= 0.3 is 6.03 Å². The molecule has 172 valence electrons. The summed E-state index contributed by atoms with van der Waals surface area (Å²) in [5, 5.41) is 2.58. The largest absolute Gasteiger partial charge is 0.488 e. The molecule has 8 heteroatoms. The van der Waals surface area contributed by atoms with Gasteiger partial charge in [-0.15, -0.1) is 0 Å². The van der Waals surface area contributed by atoms with Crippen molar-refractivity contribution in [3.8, 4) is 5.75 Å². The van der Waals surface area contributed by atoms with Crippen LogP contribution in [0, 0.1) is 5.82 Å². The van der Waals surface area contributed by atoms with Crippen LogP contribution >= 0.6 is 11.6 Å². The smallest absolute Gasteiger partial charge is 0.335 e. The van der Waals surface area contributed by atoms with E-state index in [2.05, 4.69) is 5.32 Å². The van der Waals surface area contributed by atoms with Gasteiger partial charge < -0.3 is 4.74 Å². The van der Waals surface area contributed by atoms with E-state index in [1.54, 1.807) is 36.4 Å². The number of aryl methyl sites for hydroxylation is 1. The number of barbiturate groups is 1. The van der Waals surface area contributed by atoms with E-state index in [9.17, 15) is 18.8 Å². The fraction of sp³-hybridized carbons (Fsp3) is 0.115. The molecular formula is C26H20ClFN2O4. The number of para-hydroxylation sites is 1. The first-order chi connectivity index (χ1) is 16.4. The molecule has 1 N–H and O–H groups in total.